The van der Waals surface area contributed by atoms with Gasteiger partial charge in [-0.1, -0.05) is 18.2 Å². The Morgan fingerprint density at radius 1 is 1.24 bits per heavy atom. The molecule has 21 heavy (non-hydrogen) atoms. The first-order chi connectivity index (χ1) is 9.94. The number of nitrogens with one attached hydrogen (secondary N) is 1. The smallest absolute Gasteiger partial charge is 0.0552 e. The first kappa shape index (κ1) is 16.3. The Balaban J connectivity index is 2.07. The zero-order valence-electron chi connectivity index (χ0n) is 14.0. The lowest BCUT2D eigenvalue weighted by atomic mass is 9.85. The van der Waals surface area contributed by atoms with E-state index < -0.39 is 0 Å². The van der Waals surface area contributed by atoms with Crippen molar-refractivity contribution in [1.29, 1.82) is 0 Å². The van der Waals surface area contributed by atoms with Gasteiger partial charge in [-0.05, 0) is 46.2 Å². The summed E-state index contributed by atoms with van der Waals surface area (Å²) < 4.78 is 5.74. The summed E-state index contributed by atoms with van der Waals surface area (Å²) in [6.45, 7) is 13.8. The highest BCUT2D eigenvalue weighted by Gasteiger charge is 2.37. The monoisotopic (exact) mass is 290 g/mol. The highest BCUT2D eigenvalue weighted by atomic mass is 16.5. The van der Waals surface area contributed by atoms with E-state index in [0.717, 1.165) is 39.3 Å². The van der Waals surface area contributed by atoms with E-state index in [1.54, 1.807) is 0 Å². The van der Waals surface area contributed by atoms with Crippen LogP contribution in [0, 0.1) is 5.41 Å². The summed E-state index contributed by atoms with van der Waals surface area (Å²) in [7, 11) is 0. The minimum absolute atomic E-state index is 0.152. The van der Waals surface area contributed by atoms with Crippen molar-refractivity contribution < 1.29 is 4.74 Å². The fraction of sp³-hybridized carbons (Fsp3) is 0.667. The zero-order valence-corrected chi connectivity index (χ0v) is 14.0. The average Bonchev–Trinajstić information content (AvgIpc) is 2.92. The number of rotatable bonds is 6. The number of hydrogen-bond acceptors (Lipinski definition) is 3. The van der Waals surface area contributed by atoms with Crippen molar-refractivity contribution in [2.24, 2.45) is 5.41 Å². The van der Waals surface area contributed by atoms with Crippen LogP contribution in [0.3, 0.4) is 0 Å². The predicted molar refractivity (Wildman–Crippen MR) is 90.0 cm³/mol. The molecule has 1 atom stereocenters. The van der Waals surface area contributed by atoms with Crippen molar-refractivity contribution in [2.75, 3.05) is 37.7 Å². The lowest BCUT2D eigenvalue weighted by Crippen LogP contribution is -2.49. The normalized spacial score (nSPS) is 22.5. The minimum atomic E-state index is 0.152. The topological polar surface area (TPSA) is 24.5 Å². The van der Waals surface area contributed by atoms with E-state index in [2.05, 4.69) is 68.2 Å². The van der Waals surface area contributed by atoms with Crippen LogP contribution in [0.4, 0.5) is 5.69 Å². The Kier molecular flexibility index (Phi) is 5.28. The summed E-state index contributed by atoms with van der Waals surface area (Å²) in [6.07, 6.45) is 1.14. The molecule has 0 aliphatic carbocycles. The molecule has 1 fully saturated rings. The Morgan fingerprint density at radius 2 is 1.95 bits per heavy atom. The highest BCUT2D eigenvalue weighted by molar-refractivity contribution is 5.46. The van der Waals surface area contributed by atoms with Crippen molar-refractivity contribution in [3.8, 4) is 0 Å². The Labute approximate surface area is 129 Å². The summed E-state index contributed by atoms with van der Waals surface area (Å²) in [6, 6.07) is 10.7. The standard InChI is InChI=1S/C18H30N2O/c1-5-20(16-9-7-6-8-10-16)14-18(11-12-21-15-18)13-19-17(2,3)4/h6-10,19H,5,11-15H2,1-4H3. The second-order valence-electron chi connectivity index (χ2n) is 7.26. The summed E-state index contributed by atoms with van der Waals surface area (Å²) in [5, 5.41) is 3.68. The van der Waals surface area contributed by atoms with Crippen LogP contribution in [-0.2, 0) is 4.74 Å². The summed E-state index contributed by atoms with van der Waals surface area (Å²) in [5.74, 6) is 0. The minimum Gasteiger partial charge on any atom is -0.381 e. The molecule has 0 amide bonds. The molecular formula is C18H30N2O. The van der Waals surface area contributed by atoms with E-state index in [9.17, 15) is 0 Å². The fourth-order valence-electron chi connectivity index (χ4n) is 2.85. The van der Waals surface area contributed by atoms with Gasteiger partial charge in [-0.3, -0.25) is 0 Å². The van der Waals surface area contributed by atoms with Gasteiger partial charge in [-0.15, -0.1) is 0 Å². The molecule has 1 heterocycles. The number of hydrogen-bond donors (Lipinski definition) is 1. The van der Waals surface area contributed by atoms with Crippen LogP contribution in [0.25, 0.3) is 0 Å². The van der Waals surface area contributed by atoms with Crippen LogP contribution in [0.1, 0.15) is 34.1 Å². The summed E-state index contributed by atoms with van der Waals surface area (Å²) >= 11 is 0. The molecule has 0 saturated carbocycles. The maximum Gasteiger partial charge on any atom is 0.0552 e. The van der Waals surface area contributed by atoms with Gasteiger partial charge in [-0.25, -0.2) is 0 Å². The maximum atomic E-state index is 5.74. The summed E-state index contributed by atoms with van der Waals surface area (Å²) in [5.41, 5.74) is 1.68. The number of ether oxygens (including phenoxy) is 1. The second kappa shape index (κ2) is 6.80. The lowest BCUT2D eigenvalue weighted by molar-refractivity contribution is 0.147. The molecule has 0 aromatic heterocycles. The second-order valence-corrected chi connectivity index (χ2v) is 7.26. The number of nitrogens with zero attached hydrogens (tertiary/aromatic N) is 1. The van der Waals surface area contributed by atoms with E-state index >= 15 is 0 Å². The molecule has 1 aromatic rings. The zero-order chi connectivity index (χ0) is 15.3. The molecule has 0 radical (unpaired) electrons. The van der Waals surface area contributed by atoms with Crippen molar-refractivity contribution in [3.63, 3.8) is 0 Å². The molecule has 0 bridgehead atoms. The SMILES string of the molecule is CCN(CC1(CNC(C)(C)C)CCOC1)c1ccccc1. The molecule has 1 aliphatic rings. The van der Waals surface area contributed by atoms with Gasteiger partial charge < -0.3 is 15.0 Å². The number of benzene rings is 1. The van der Waals surface area contributed by atoms with Gasteiger partial charge in [0.25, 0.3) is 0 Å². The van der Waals surface area contributed by atoms with Crippen molar-refractivity contribution >= 4 is 5.69 Å². The molecule has 3 heteroatoms. The third kappa shape index (κ3) is 4.72. The molecular weight excluding hydrogens is 260 g/mol. The van der Waals surface area contributed by atoms with Crippen LogP contribution >= 0.6 is 0 Å². The van der Waals surface area contributed by atoms with Gasteiger partial charge in [0.2, 0.25) is 0 Å². The van der Waals surface area contributed by atoms with Gasteiger partial charge in [-0.2, -0.15) is 0 Å². The van der Waals surface area contributed by atoms with Gasteiger partial charge in [0.1, 0.15) is 0 Å². The van der Waals surface area contributed by atoms with E-state index in [0.29, 0.717) is 0 Å². The fourth-order valence-corrected chi connectivity index (χ4v) is 2.85. The van der Waals surface area contributed by atoms with Crippen molar-refractivity contribution in [3.05, 3.63) is 30.3 Å². The third-order valence-corrected chi connectivity index (χ3v) is 4.21. The predicted octanol–water partition coefficient (Wildman–Crippen LogP) is 3.31. The average molecular weight is 290 g/mol. The first-order valence-electron chi connectivity index (χ1n) is 8.07. The van der Waals surface area contributed by atoms with Crippen LogP contribution in [0.5, 0.6) is 0 Å². The number of anilines is 1. The van der Waals surface area contributed by atoms with Gasteiger partial charge in [0.15, 0.2) is 0 Å². The molecule has 3 nitrogen and oxygen atoms in total. The van der Waals surface area contributed by atoms with Crippen molar-refractivity contribution in [2.45, 2.75) is 39.7 Å². The molecule has 1 N–H and O–H groups in total. The number of para-hydroxylation sites is 1. The van der Waals surface area contributed by atoms with E-state index in [-0.39, 0.29) is 11.0 Å². The van der Waals surface area contributed by atoms with Crippen LogP contribution in [0.15, 0.2) is 30.3 Å². The molecule has 118 valence electrons. The molecule has 1 aromatic carbocycles. The van der Waals surface area contributed by atoms with Crippen molar-refractivity contribution in [1.82, 2.24) is 5.32 Å². The van der Waals surface area contributed by atoms with Gasteiger partial charge >= 0.3 is 0 Å². The van der Waals surface area contributed by atoms with E-state index in [4.69, 9.17) is 4.74 Å². The molecule has 2 rings (SSSR count). The first-order valence-corrected chi connectivity index (χ1v) is 8.07. The van der Waals surface area contributed by atoms with Gasteiger partial charge in [0.05, 0.1) is 6.61 Å². The van der Waals surface area contributed by atoms with Crippen LogP contribution in [-0.4, -0.2) is 38.4 Å². The Bertz CT molecular complexity index is 419. The largest absolute Gasteiger partial charge is 0.381 e. The molecule has 1 saturated heterocycles. The molecule has 0 spiro atoms. The maximum absolute atomic E-state index is 5.74. The van der Waals surface area contributed by atoms with Crippen LogP contribution in [0.2, 0.25) is 0 Å². The molecule has 1 unspecified atom stereocenters. The quantitative estimate of drug-likeness (QED) is 0.870. The third-order valence-electron chi connectivity index (χ3n) is 4.21. The highest BCUT2D eigenvalue weighted by Crippen LogP contribution is 2.31. The lowest BCUT2D eigenvalue weighted by Gasteiger charge is -2.37. The van der Waals surface area contributed by atoms with Crippen LogP contribution < -0.4 is 10.2 Å². The van der Waals surface area contributed by atoms with E-state index in [1.165, 1.54) is 5.69 Å². The Hall–Kier alpha value is -1.06. The van der Waals surface area contributed by atoms with Gasteiger partial charge in [0, 0.05) is 42.9 Å². The van der Waals surface area contributed by atoms with E-state index in [1.807, 2.05) is 0 Å². The summed E-state index contributed by atoms with van der Waals surface area (Å²) in [4.78, 5) is 2.47. The molecule has 1 aliphatic heterocycles. The Morgan fingerprint density at radius 3 is 2.48 bits per heavy atom.